The Bertz CT molecular complexity index is 971. The van der Waals surface area contributed by atoms with Crippen molar-refractivity contribution in [1.82, 2.24) is 0 Å². The molecule has 5 atom stereocenters. The number of fused-ring (bicyclic) bond motifs is 5. The molecule has 3 nitrogen and oxygen atoms in total. The van der Waals surface area contributed by atoms with Crippen molar-refractivity contribution in [3.63, 3.8) is 0 Å². The summed E-state index contributed by atoms with van der Waals surface area (Å²) < 4.78 is 5.87. The lowest BCUT2D eigenvalue weighted by molar-refractivity contribution is -0.127. The second-order valence-corrected chi connectivity index (χ2v) is 8.81. The summed E-state index contributed by atoms with van der Waals surface area (Å²) in [5.41, 5.74) is 3.60. The van der Waals surface area contributed by atoms with Crippen LogP contribution in [0.3, 0.4) is 0 Å². The second kappa shape index (κ2) is 6.69. The quantitative estimate of drug-likeness (QED) is 0.643. The van der Waals surface area contributed by atoms with E-state index in [-0.39, 0.29) is 35.6 Å². The van der Waals surface area contributed by atoms with Crippen molar-refractivity contribution < 1.29 is 14.3 Å². The zero-order valence-electron chi connectivity index (χ0n) is 15.5. The summed E-state index contributed by atoms with van der Waals surface area (Å²) in [5, 5.41) is 1.12. The number of rotatable bonds is 3. The molecule has 5 heteroatoms. The van der Waals surface area contributed by atoms with Crippen LogP contribution >= 0.6 is 23.2 Å². The number of carbonyl (C=O) groups excluding carboxylic acids is 2. The monoisotopic (exact) mass is 414 g/mol. The van der Waals surface area contributed by atoms with Gasteiger partial charge in [-0.3, -0.25) is 9.59 Å². The molecular weight excluding hydrogens is 395 g/mol. The van der Waals surface area contributed by atoms with Gasteiger partial charge >= 0.3 is 0 Å². The number of Topliss-reactive ketones (excluding diaryl/α,β-unsaturated/α-hetero) is 2. The largest absolute Gasteiger partial charge is 0.373 e. The van der Waals surface area contributed by atoms with Gasteiger partial charge < -0.3 is 4.74 Å². The highest BCUT2D eigenvalue weighted by Crippen LogP contribution is 2.52. The average molecular weight is 415 g/mol. The Morgan fingerprint density at radius 2 is 1.64 bits per heavy atom. The van der Waals surface area contributed by atoms with Crippen molar-refractivity contribution in [3.8, 4) is 11.1 Å². The molecule has 0 N–H and O–H groups in total. The molecule has 5 rings (SSSR count). The molecule has 0 amide bonds. The summed E-state index contributed by atoms with van der Waals surface area (Å²) >= 11 is 12.4. The van der Waals surface area contributed by atoms with E-state index < -0.39 is 5.92 Å². The Morgan fingerprint density at radius 1 is 0.964 bits per heavy atom. The molecule has 2 aromatic rings. The van der Waals surface area contributed by atoms with E-state index in [4.69, 9.17) is 27.9 Å². The number of halogens is 2. The lowest BCUT2D eigenvalue weighted by Crippen LogP contribution is -2.29. The van der Waals surface area contributed by atoms with Gasteiger partial charge in [0.1, 0.15) is 5.92 Å². The number of ketones is 2. The third-order valence-corrected chi connectivity index (χ3v) is 7.13. The van der Waals surface area contributed by atoms with Gasteiger partial charge in [0.15, 0.2) is 11.6 Å². The van der Waals surface area contributed by atoms with Gasteiger partial charge in [0.2, 0.25) is 0 Å². The third-order valence-electron chi connectivity index (χ3n) is 6.58. The average Bonchev–Trinajstić information content (AvgIpc) is 3.35. The predicted molar refractivity (Wildman–Crippen MR) is 109 cm³/mol. The maximum atomic E-state index is 13.3. The Balaban J connectivity index is 1.60. The first kappa shape index (κ1) is 18.4. The summed E-state index contributed by atoms with van der Waals surface area (Å²) in [6.07, 6.45) is 2.39. The van der Waals surface area contributed by atoms with Crippen LogP contribution in [0.4, 0.5) is 0 Å². The standard InChI is InChI=1S/C23H20Cl2O3/c1-2-11-3-4-12(14-6-5-13(24)10-16(14)25)9-15(11)19-22(26)20-17-7-8-18(28-17)21(20)23(19)27/h3-6,9-10,17-21H,2,7-8H2,1H3/t17-,18-,19?,20-,21+/m1/s1. The van der Waals surface area contributed by atoms with Crippen LogP contribution < -0.4 is 0 Å². The minimum Gasteiger partial charge on any atom is -0.373 e. The lowest BCUT2D eigenvalue weighted by atomic mass is 9.81. The van der Waals surface area contributed by atoms with E-state index in [1.165, 1.54) is 0 Å². The van der Waals surface area contributed by atoms with Gasteiger partial charge in [0.25, 0.3) is 0 Å². The van der Waals surface area contributed by atoms with Gasteiger partial charge in [-0.05, 0) is 54.2 Å². The summed E-state index contributed by atoms with van der Waals surface area (Å²) in [6.45, 7) is 2.05. The van der Waals surface area contributed by atoms with E-state index in [1.807, 2.05) is 31.2 Å². The minimum atomic E-state index is -0.678. The molecular formula is C23H20Cl2O3. The van der Waals surface area contributed by atoms with E-state index in [9.17, 15) is 9.59 Å². The molecule has 2 aliphatic heterocycles. The Kier molecular flexibility index (Phi) is 4.38. The van der Waals surface area contributed by atoms with E-state index in [1.54, 1.807) is 12.1 Å². The molecule has 0 radical (unpaired) electrons. The minimum absolute atomic E-state index is 0.0382. The number of ether oxygens (including phenoxy) is 1. The maximum absolute atomic E-state index is 13.3. The summed E-state index contributed by atoms with van der Waals surface area (Å²) in [6, 6.07) is 11.3. The molecule has 0 spiro atoms. The number of hydrogen-bond donors (Lipinski definition) is 0. The molecule has 144 valence electrons. The van der Waals surface area contributed by atoms with Crippen molar-refractivity contribution in [2.24, 2.45) is 11.8 Å². The van der Waals surface area contributed by atoms with Crippen LogP contribution in [0.5, 0.6) is 0 Å². The molecule has 0 aromatic heterocycles. The van der Waals surface area contributed by atoms with E-state index in [0.29, 0.717) is 10.0 Å². The fourth-order valence-corrected chi connectivity index (χ4v) is 5.83. The molecule has 1 saturated carbocycles. The highest BCUT2D eigenvalue weighted by molar-refractivity contribution is 6.36. The molecule has 1 unspecified atom stereocenters. The molecule has 2 bridgehead atoms. The molecule has 1 aliphatic carbocycles. The Hall–Kier alpha value is -1.68. The first-order valence-electron chi connectivity index (χ1n) is 9.80. The van der Waals surface area contributed by atoms with E-state index in [0.717, 1.165) is 41.5 Å². The topological polar surface area (TPSA) is 43.4 Å². The molecule has 28 heavy (non-hydrogen) atoms. The summed E-state index contributed by atoms with van der Waals surface area (Å²) in [4.78, 5) is 26.5. The van der Waals surface area contributed by atoms with Gasteiger partial charge in [0, 0.05) is 15.6 Å². The fraction of sp³-hybridized carbons (Fsp3) is 0.391. The smallest absolute Gasteiger partial charge is 0.154 e. The van der Waals surface area contributed by atoms with Crippen LogP contribution in [0.25, 0.3) is 11.1 Å². The van der Waals surface area contributed by atoms with Crippen LogP contribution in [0.15, 0.2) is 36.4 Å². The molecule has 2 aromatic carbocycles. The number of carbonyl (C=O) groups is 2. The van der Waals surface area contributed by atoms with Crippen LogP contribution in [0, 0.1) is 11.8 Å². The highest BCUT2D eigenvalue weighted by atomic mass is 35.5. The van der Waals surface area contributed by atoms with Crippen LogP contribution in [0.1, 0.15) is 36.8 Å². The zero-order valence-corrected chi connectivity index (χ0v) is 17.0. The summed E-state index contributed by atoms with van der Waals surface area (Å²) in [5.74, 6) is -1.12. The van der Waals surface area contributed by atoms with Crippen LogP contribution in [-0.2, 0) is 20.7 Å². The van der Waals surface area contributed by atoms with Crippen molar-refractivity contribution >= 4 is 34.8 Å². The fourth-order valence-electron chi connectivity index (χ4n) is 5.31. The van der Waals surface area contributed by atoms with E-state index in [2.05, 4.69) is 0 Å². The second-order valence-electron chi connectivity index (χ2n) is 7.97. The van der Waals surface area contributed by atoms with Gasteiger partial charge in [-0.15, -0.1) is 0 Å². The molecule has 3 aliphatic rings. The first-order valence-corrected chi connectivity index (χ1v) is 10.6. The van der Waals surface area contributed by atoms with Gasteiger partial charge in [-0.1, -0.05) is 48.3 Å². The Labute approximate surface area is 174 Å². The lowest BCUT2D eigenvalue weighted by Gasteiger charge is -2.17. The van der Waals surface area contributed by atoms with Crippen LogP contribution in [-0.4, -0.2) is 23.8 Å². The molecule has 2 heterocycles. The van der Waals surface area contributed by atoms with Gasteiger partial charge in [0.05, 0.1) is 24.0 Å². The van der Waals surface area contributed by atoms with Crippen molar-refractivity contribution in [3.05, 3.63) is 57.6 Å². The predicted octanol–water partition coefficient (Wildman–Crippen LogP) is 5.25. The first-order chi connectivity index (χ1) is 13.5. The van der Waals surface area contributed by atoms with E-state index >= 15 is 0 Å². The maximum Gasteiger partial charge on any atom is 0.154 e. The van der Waals surface area contributed by atoms with Crippen molar-refractivity contribution in [2.45, 2.75) is 44.3 Å². The van der Waals surface area contributed by atoms with Crippen LogP contribution in [0.2, 0.25) is 10.0 Å². The normalized spacial score (nSPS) is 30.9. The van der Waals surface area contributed by atoms with Gasteiger partial charge in [-0.2, -0.15) is 0 Å². The van der Waals surface area contributed by atoms with Crippen molar-refractivity contribution in [1.29, 1.82) is 0 Å². The summed E-state index contributed by atoms with van der Waals surface area (Å²) in [7, 11) is 0. The van der Waals surface area contributed by atoms with Crippen molar-refractivity contribution in [2.75, 3.05) is 0 Å². The Morgan fingerprint density at radius 3 is 2.25 bits per heavy atom. The number of hydrogen-bond acceptors (Lipinski definition) is 3. The number of benzene rings is 2. The highest BCUT2D eigenvalue weighted by Gasteiger charge is 2.63. The SMILES string of the molecule is CCc1ccc(-c2ccc(Cl)cc2Cl)cc1C1C(=O)[C@@H]2[C@H](C1=O)[C@H]1CC[C@H]2O1. The van der Waals surface area contributed by atoms with Gasteiger partial charge in [-0.25, -0.2) is 0 Å². The molecule has 2 saturated heterocycles. The third kappa shape index (κ3) is 2.60. The zero-order chi connectivity index (χ0) is 19.6. The number of aryl methyl sites for hydroxylation is 1. The molecule has 3 fully saturated rings.